The van der Waals surface area contributed by atoms with Gasteiger partial charge in [-0.15, -0.1) is 0 Å². The molecule has 3 aromatic rings. The molecule has 1 aromatic carbocycles. The second kappa shape index (κ2) is 5.63. The van der Waals surface area contributed by atoms with Crippen LogP contribution >= 0.6 is 0 Å². The molecule has 0 aliphatic carbocycles. The molecule has 0 aliphatic rings. The Morgan fingerprint density at radius 2 is 2.11 bits per heavy atom. The molecule has 0 fully saturated rings. The topological polar surface area (TPSA) is 42.7 Å². The fraction of sp³-hybridized carbons (Fsp3) is 0.200. The van der Waals surface area contributed by atoms with Crippen molar-refractivity contribution in [1.29, 1.82) is 0 Å². The fourth-order valence-electron chi connectivity index (χ4n) is 2.09. The number of nitrogens with one attached hydrogen (secondary N) is 1. The molecule has 1 N–H and O–H groups in total. The molecular formula is C15H16N4. The lowest BCUT2D eigenvalue weighted by Gasteiger charge is -2.06. The quantitative estimate of drug-likeness (QED) is 0.708. The van der Waals surface area contributed by atoms with Crippen molar-refractivity contribution < 1.29 is 0 Å². The van der Waals surface area contributed by atoms with E-state index >= 15 is 0 Å². The molecule has 3 rings (SSSR count). The maximum Gasteiger partial charge on any atom is 0.0702 e. The standard InChI is InChI=1S/C15H16N4/c1-3-14-11-13(4-5-15(14)17-6-1)12-16-8-10-19-9-2-7-18-19/h1-7,9,11,16H,8,10,12H2. The summed E-state index contributed by atoms with van der Waals surface area (Å²) < 4.78 is 1.93. The second-order valence-electron chi connectivity index (χ2n) is 4.48. The molecule has 4 heteroatoms. The summed E-state index contributed by atoms with van der Waals surface area (Å²) in [6, 6.07) is 12.4. The molecule has 96 valence electrons. The first kappa shape index (κ1) is 11.9. The van der Waals surface area contributed by atoms with E-state index < -0.39 is 0 Å². The Bertz CT molecular complexity index is 646. The number of hydrogen-bond donors (Lipinski definition) is 1. The van der Waals surface area contributed by atoms with Crippen LogP contribution in [0, 0.1) is 0 Å². The van der Waals surface area contributed by atoms with Gasteiger partial charge in [-0.3, -0.25) is 9.67 Å². The maximum absolute atomic E-state index is 4.32. The third-order valence-corrected chi connectivity index (χ3v) is 3.07. The number of nitrogens with zero attached hydrogens (tertiary/aromatic N) is 3. The summed E-state index contributed by atoms with van der Waals surface area (Å²) in [6.07, 6.45) is 5.60. The van der Waals surface area contributed by atoms with E-state index in [-0.39, 0.29) is 0 Å². The number of benzene rings is 1. The minimum Gasteiger partial charge on any atom is -0.311 e. The minimum absolute atomic E-state index is 0.867. The van der Waals surface area contributed by atoms with Gasteiger partial charge in [0.25, 0.3) is 0 Å². The maximum atomic E-state index is 4.32. The van der Waals surface area contributed by atoms with Gasteiger partial charge >= 0.3 is 0 Å². The van der Waals surface area contributed by atoms with Crippen LogP contribution in [0.1, 0.15) is 5.56 Å². The Hall–Kier alpha value is -2.20. The first-order chi connectivity index (χ1) is 9.42. The predicted octanol–water partition coefficient (Wildman–Crippen LogP) is 2.22. The van der Waals surface area contributed by atoms with Crippen molar-refractivity contribution >= 4 is 10.9 Å². The van der Waals surface area contributed by atoms with E-state index in [2.05, 4.69) is 39.7 Å². The lowest BCUT2D eigenvalue weighted by molar-refractivity contribution is 0.555. The highest BCUT2D eigenvalue weighted by atomic mass is 15.3. The summed E-state index contributed by atoms with van der Waals surface area (Å²) in [4.78, 5) is 4.32. The minimum atomic E-state index is 0.867. The Kier molecular flexibility index (Phi) is 3.51. The molecule has 2 heterocycles. The Morgan fingerprint density at radius 1 is 1.11 bits per heavy atom. The molecule has 19 heavy (non-hydrogen) atoms. The van der Waals surface area contributed by atoms with Crippen molar-refractivity contribution in [2.24, 2.45) is 0 Å². The molecule has 0 bridgehead atoms. The van der Waals surface area contributed by atoms with Gasteiger partial charge in [0.15, 0.2) is 0 Å². The van der Waals surface area contributed by atoms with E-state index in [1.54, 1.807) is 6.20 Å². The van der Waals surface area contributed by atoms with Crippen LogP contribution in [0.5, 0.6) is 0 Å². The molecule has 0 saturated heterocycles. The molecule has 0 unspecified atom stereocenters. The van der Waals surface area contributed by atoms with E-state index in [1.807, 2.05) is 29.2 Å². The first-order valence-electron chi connectivity index (χ1n) is 6.44. The molecule has 0 spiro atoms. The van der Waals surface area contributed by atoms with Crippen molar-refractivity contribution in [2.75, 3.05) is 6.54 Å². The predicted molar refractivity (Wildman–Crippen MR) is 75.7 cm³/mol. The average Bonchev–Trinajstić information content (AvgIpc) is 2.97. The molecule has 0 amide bonds. The number of pyridine rings is 1. The lowest BCUT2D eigenvalue weighted by Crippen LogP contribution is -2.19. The van der Waals surface area contributed by atoms with Gasteiger partial charge in [0, 0.05) is 37.1 Å². The summed E-state index contributed by atoms with van der Waals surface area (Å²) in [7, 11) is 0. The van der Waals surface area contributed by atoms with Crippen LogP contribution < -0.4 is 5.32 Å². The SMILES string of the molecule is c1cnc2ccc(CNCCn3cccn3)cc2c1. The third kappa shape index (κ3) is 2.98. The van der Waals surface area contributed by atoms with Crippen LogP contribution in [0.25, 0.3) is 10.9 Å². The van der Waals surface area contributed by atoms with Crippen LogP contribution in [0.2, 0.25) is 0 Å². The number of hydrogen-bond acceptors (Lipinski definition) is 3. The molecule has 4 nitrogen and oxygen atoms in total. The van der Waals surface area contributed by atoms with E-state index in [0.717, 1.165) is 25.2 Å². The largest absolute Gasteiger partial charge is 0.311 e. The lowest BCUT2D eigenvalue weighted by atomic mass is 10.1. The van der Waals surface area contributed by atoms with Gasteiger partial charge in [0.2, 0.25) is 0 Å². The van der Waals surface area contributed by atoms with Crippen LogP contribution in [0.15, 0.2) is 55.0 Å². The molecular weight excluding hydrogens is 236 g/mol. The van der Waals surface area contributed by atoms with Crippen molar-refractivity contribution in [2.45, 2.75) is 13.1 Å². The Labute approximate surface area is 112 Å². The summed E-state index contributed by atoms with van der Waals surface area (Å²) in [6.45, 7) is 2.67. The zero-order chi connectivity index (χ0) is 12.9. The van der Waals surface area contributed by atoms with E-state index in [4.69, 9.17) is 0 Å². The molecule has 0 radical (unpaired) electrons. The van der Waals surface area contributed by atoms with E-state index in [9.17, 15) is 0 Å². The second-order valence-corrected chi connectivity index (χ2v) is 4.48. The molecule has 2 aromatic heterocycles. The zero-order valence-corrected chi connectivity index (χ0v) is 10.7. The van der Waals surface area contributed by atoms with Crippen molar-refractivity contribution in [3.8, 4) is 0 Å². The summed E-state index contributed by atoms with van der Waals surface area (Å²) >= 11 is 0. The van der Waals surface area contributed by atoms with Gasteiger partial charge < -0.3 is 5.32 Å². The highest BCUT2D eigenvalue weighted by Crippen LogP contribution is 2.12. The molecule has 0 saturated carbocycles. The third-order valence-electron chi connectivity index (χ3n) is 3.07. The number of aromatic nitrogens is 3. The molecule has 0 atom stereocenters. The smallest absolute Gasteiger partial charge is 0.0702 e. The average molecular weight is 252 g/mol. The van der Waals surface area contributed by atoms with Gasteiger partial charge in [-0.2, -0.15) is 5.10 Å². The summed E-state index contributed by atoms with van der Waals surface area (Å²) in [5, 5.41) is 8.78. The Balaban J connectivity index is 1.56. The summed E-state index contributed by atoms with van der Waals surface area (Å²) in [5.74, 6) is 0. The number of rotatable bonds is 5. The van der Waals surface area contributed by atoms with Crippen LogP contribution in [-0.2, 0) is 13.1 Å². The number of fused-ring (bicyclic) bond motifs is 1. The zero-order valence-electron chi connectivity index (χ0n) is 10.7. The molecule has 0 aliphatic heterocycles. The van der Waals surface area contributed by atoms with Gasteiger partial charge in [-0.1, -0.05) is 12.1 Å². The van der Waals surface area contributed by atoms with Gasteiger partial charge in [0.1, 0.15) is 0 Å². The summed E-state index contributed by atoms with van der Waals surface area (Å²) in [5.41, 5.74) is 2.32. The van der Waals surface area contributed by atoms with E-state index in [0.29, 0.717) is 0 Å². The normalized spacial score (nSPS) is 10.9. The van der Waals surface area contributed by atoms with Gasteiger partial charge in [-0.25, -0.2) is 0 Å². The van der Waals surface area contributed by atoms with Gasteiger partial charge in [0.05, 0.1) is 12.1 Å². The fourth-order valence-corrected chi connectivity index (χ4v) is 2.09. The monoisotopic (exact) mass is 252 g/mol. The van der Waals surface area contributed by atoms with Crippen molar-refractivity contribution in [1.82, 2.24) is 20.1 Å². The van der Waals surface area contributed by atoms with Crippen LogP contribution in [-0.4, -0.2) is 21.3 Å². The van der Waals surface area contributed by atoms with Crippen LogP contribution in [0.4, 0.5) is 0 Å². The van der Waals surface area contributed by atoms with Gasteiger partial charge in [-0.05, 0) is 29.8 Å². The first-order valence-corrected chi connectivity index (χ1v) is 6.44. The Morgan fingerprint density at radius 3 is 3.00 bits per heavy atom. The van der Waals surface area contributed by atoms with Crippen molar-refractivity contribution in [3.63, 3.8) is 0 Å². The highest BCUT2D eigenvalue weighted by Gasteiger charge is 1.97. The van der Waals surface area contributed by atoms with E-state index in [1.165, 1.54) is 10.9 Å². The highest BCUT2D eigenvalue weighted by molar-refractivity contribution is 5.78. The van der Waals surface area contributed by atoms with Crippen LogP contribution in [0.3, 0.4) is 0 Å². The van der Waals surface area contributed by atoms with Crippen molar-refractivity contribution in [3.05, 3.63) is 60.6 Å².